The van der Waals surface area contributed by atoms with E-state index in [1.807, 2.05) is 0 Å². The lowest BCUT2D eigenvalue weighted by Gasteiger charge is -2.23. The first-order chi connectivity index (χ1) is 15.0. The minimum absolute atomic E-state index is 0.188. The number of nitrogens with one attached hydrogen (secondary N) is 1. The van der Waals surface area contributed by atoms with Crippen LogP contribution in [-0.4, -0.2) is 33.6 Å². The van der Waals surface area contributed by atoms with Gasteiger partial charge in [-0.15, -0.1) is 23.2 Å². The van der Waals surface area contributed by atoms with E-state index in [1.165, 1.54) is 17.0 Å². The molecular formula is C22H16Cl5N3O2. The van der Waals surface area contributed by atoms with Crippen molar-refractivity contribution in [3.05, 3.63) is 62.6 Å². The summed E-state index contributed by atoms with van der Waals surface area (Å²) in [5.74, 6) is -2.00. The molecule has 0 bridgehead atoms. The molecule has 2 aliphatic carbocycles. The number of hydrogen-bond donors (Lipinski definition) is 1. The minimum atomic E-state index is -1.31. The summed E-state index contributed by atoms with van der Waals surface area (Å²) < 4.78 is -1.31. The maximum absolute atomic E-state index is 12.9. The van der Waals surface area contributed by atoms with Gasteiger partial charge in [0.15, 0.2) is 0 Å². The molecule has 166 valence electrons. The van der Waals surface area contributed by atoms with Crippen LogP contribution in [0.3, 0.4) is 0 Å². The van der Waals surface area contributed by atoms with E-state index in [-0.39, 0.29) is 10.6 Å². The second kappa shape index (κ2) is 8.27. The summed E-state index contributed by atoms with van der Waals surface area (Å²) in [7, 11) is 1.57. The number of hydrogen-bond acceptors (Lipinski definition) is 3. The lowest BCUT2D eigenvalue weighted by molar-refractivity contribution is -0.117. The molecule has 0 spiro atoms. The summed E-state index contributed by atoms with van der Waals surface area (Å²) >= 11 is 31.1. The van der Waals surface area contributed by atoms with Gasteiger partial charge in [0.25, 0.3) is 5.91 Å². The predicted octanol–water partition coefficient (Wildman–Crippen LogP) is 6.30. The number of carbonyl (C=O) groups excluding carboxylic acids is 2. The Morgan fingerprint density at radius 2 is 1.72 bits per heavy atom. The Balaban J connectivity index is 1.53. The van der Waals surface area contributed by atoms with Crippen LogP contribution in [0.15, 0.2) is 36.4 Å². The molecule has 0 aromatic heterocycles. The summed E-state index contributed by atoms with van der Waals surface area (Å²) in [6.45, 7) is 0. The Hall–Kier alpha value is -1.68. The summed E-state index contributed by atoms with van der Waals surface area (Å²) in [5.41, 5.74) is 0.456. The van der Waals surface area contributed by atoms with Crippen LogP contribution in [-0.2, 0) is 4.79 Å². The summed E-state index contributed by atoms with van der Waals surface area (Å²) in [6.07, 6.45) is 1.23. The van der Waals surface area contributed by atoms with E-state index in [0.29, 0.717) is 34.1 Å². The van der Waals surface area contributed by atoms with Crippen LogP contribution < -0.4 is 5.32 Å². The Bertz CT molecular complexity index is 1170. The van der Waals surface area contributed by atoms with Crippen molar-refractivity contribution in [2.45, 2.75) is 28.6 Å². The number of nitriles is 1. The van der Waals surface area contributed by atoms with E-state index >= 15 is 0 Å². The molecule has 0 aliphatic heterocycles. The van der Waals surface area contributed by atoms with Gasteiger partial charge in [-0.05, 0) is 48.7 Å². The summed E-state index contributed by atoms with van der Waals surface area (Å²) in [4.78, 5) is 27.2. The van der Waals surface area contributed by atoms with Gasteiger partial charge in [-0.3, -0.25) is 9.59 Å². The van der Waals surface area contributed by atoms with Crippen LogP contribution in [0.25, 0.3) is 0 Å². The molecule has 32 heavy (non-hydrogen) atoms. The first-order valence-corrected chi connectivity index (χ1v) is 11.5. The fraction of sp³-hybridized carbons (Fsp3) is 0.318. The standard InChI is InChI=1S/C22H16Cl5N3O2/c1-30(21(10-28)6-7-21)20(32)13-9-12(3-5-14(13)23)29-19(31)18-17(22(18,26)27)11-2-4-15(24)16(25)8-11/h2-5,8-9,17-18H,6-7H2,1H3,(H,29,31)/t17-,18+/m1/s1. The van der Waals surface area contributed by atoms with Gasteiger partial charge < -0.3 is 10.2 Å². The van der Waals surface area contributed by atoms with Gasteiger partial charge in [-0.25, -0.2) is 0 Å². The van der Waals surface area contributed by atoms with Crippen molar-refractivity contribution < 1.29 is 9.59 Å². The molecule has 2 amide bonds. The fourth-order valence-electron chi connectivity index (χ4n) is 3.78. The molecule has 0 heterocycles. The summed E-state index contributed by atoms with van der Waals surface area (Å²) in [5, 5.41) is 13.1. The maximum atomic E-state index is 12.9. The number of nitrogens with zero attached hydrogens (tertiary/aromatic N) is 2. The van der Waals surface area contributed by atoms with Crippen LogP contribution in [0.2, 0.25) is 15.1 Å². The Kier molecular flexibility index (Phi) is 6.07. The van der Waals surface area contributed by atoms with Gasteiger partial charge in [-0.2, -0.15) is 5.26 Å². The summed E-state index contributed by atoms with van der Waals surface area (Å²) in [6, 6.07) is 11.7. The second-order valence-corrected chi connectivity index (χ2v) is 10.7. The predicted molar refractivity (Wildman–Crippen MR) is 127 cm³/mol. The molecule has 2 aliphatic rings. The van der Waals surface area contributed by atoms with Crippen LogP contribution in [0.5, 0.6) is 0 Å². The zero-order valence-corrected chi connectivity index (χ0v) is 20.4. The van der Waals surface area contributed by atoms with E-state index in [1.54, 1.807) is 31.3 Å². The Morgan fingerprint density at radius 1 is 1.06 bits per heavy atom. The molecule has 2 aromatic carbocycles. The normalized spacial score (nSPS) is 21.9. The zero-order valence-electron chi connectivity index (χ0n) is 16.6. The number of halogens is 5. The quantitative estimate of drug-likeness (QED) is 0.460. The third-order valence-electron chi connectivity index (χ3n) is 5.98. The molecule has 0 saturated heterocycles. The SMILES string of the molecule is CN(C(=O)c1cc(NC(=O)[C@@H]2[C@@H](c3ccc(Cl)c(Cl)c3)C2(Cl)Cl)ccc1Cl)C1(C#N)CC1. The third kappa shape index (κ3) is 4.04. The topological polar surface area (TPSA) is 73.2 Å². The fourth-order valence-corrected chi connectivity index (χ4v) is 5.11. The van der Waals surface area contributed by atoms with E-state index in [0.717, 1.165) is 0 Å². The van der Waals surface area contributed by atoms with Gasteiger partial charge in [0.05, 0.1) is 32.6 Å². The van der Waals surface area contributed by atoms with Crippen LogP contribution in [0, 0.1) is 17.2 Å². The molecule has 0 unspecified atom stereocenters. The van der Waals surface area contributed by atoms with Crippen molar-refractivity contribution in [3.8, 4) is 6.07 Å². The van der Waals surface area contributed by atoms with Gasteiger partial charge in [-0.1, -0.05) is 40.9 Å². The third-order valence-corrected chi connectivity index (χ3v) is 7.99. The van der Waals surface area contributed by atoms with Gasteiger partial charge >= 0.3 is 0 Å². The lowest BCUT2D eigenvalue weighted by Crippen LogP contribution is -2.38. The number of alkyl halides is 2. The highest BCUT2D eigenvalue weighted by atomic mass is 35.5. The Morgan fingerprint density at radius 3 is 2.31 bits per heavy atom. The Labute approximate surface area is 210 Å². The lowest BCUT2D eigenvalue weighted by atomic mass is 10.1. The zero-order chi connectivity index (χ0) is 23.4. The highest BCUT2D eigenvalue weighted by molar-refractivity contribution is 6.53. The molecule has 2 saturated carbocycles. The highest BCUT2D eigenvalue weighted by Gasteiger charge is 2.67. The molecule has 2 fully saturated rings. The number of carbonyl (C=O) groups is 2. The van der Waals surface area contributed by atoms with Crippen molar-refractivity contribution in [1.29, 1.82) is 5.26 Å². The molecular weight excluding hydrogens is 516 g/mol. The molecule has 0 radical (unpaired) electrons. The first-order valence-electron chi connectivity index (χ1n) is 9.64. The highest BCUT2D eigenvalue weighted by Crippen LogP contribution is 2.65. The van der Waals surface area contributed by atoms with E-state index in [4.69, 9.17) is 58.0 Å². The average molecular weight is 532 g/mol. The van der Waals surface area contributed by atoms with E-state index < -0.39 is 33.5 Å². The number of amides is 2. The van der Waals surface area contributed by atoms with E-state index in [2.05, 4.69) is 11.4 Å². The molecule has 5 nitrogen and oxygen atoms in total. The minimum Gasteiger partial charge on any atom is -0.326 e. The molecule has 2 aromatic rings. The first kappa shape index (κ1) is 23.5. The van der Waals surface area contributed by atoms with Crippen molar-refractivity contribution >= 4 is 75.5 Å². The number of rotatable bonds is 5. The average Bonchev–Trinajstić information content (AvgIpc) is 3.65. The van der Waals surface area contributed by atoms with Crippen molar-refractivity contribution in [2.75, 3.05) is 12.4 Å². The van der Waals surface area contributed by atoms with Crippen LogP contribution >= 0.6 is 58.0 Å². The molecule has 4 rings (SSSR count). The molecule has 10 heteroatoms. The van der Waals surface area contributed by atoms with Crippen LogP contribution in [0.1, 0.15) is 34.7 Å². The van der Waals surface area contributed by atoms with Gasteiger partial charge in [0, 0.05) is 18.7 Å². The van der Waals surface area contributed by atoms with E-state index in [9.17, 15) is 14.9 Å². The van der Waals surface area contributed by atoms with Crippen molar-refractivity contribution in [3.63, 3.8) is 0 Å². The second-order valence-electron chi connectivity index (χ2n) is 7.99. The van der Waals surface area contributed by atoms with Gasteiger partial charge in [0.1, 0.15) is 9.87 Å². The van der Waals surface area contributed by atoms with Crippen LogP contribution in [0.4, 0.5) is 5.69 Å². The molecule has 2 atom stereocenters. The number of anilines is 1. The smallest absolute Gasteiger partial charge is 0.256 e. The number of benzene rings is 2. The molecule has 1 N–H and O–H groups in total. The van der Waals surface area contributed by atoms with Crippen molar-refractivity contribution in [1.82, 2.24) is 4.90 Å². The maximum Gasteiger partial charge on any atom is 0.256 e. The largest absolute Gasteiger partial charge is 0.326 e. The monoisotopic (exact) mass is 529 g/mol. The van der Waals surface area contributed by atoms with Crippen molar-refractivity contribution in [2.24, 2.45) is 5.92 Å². The van der Waals surface area contributed by atoms with Gasteiger partial charge in [0.2, 0.25) is 5.91 Å².